The third kappa shape index (κ3) is 3.36. The molecule has 0 aromatic carbocycles. The Labute approximate surface area is 156 Å². The van der Waals surface area contributed by atoms with E-state index < -0.39 is 0 Å². The number of fused-ring (bicyclic) bond motifs is 3. The molecule has 0 bridgehead atoms. The summed E-state index contributed by atoms with van der Waals surface area (Å²) in [6, 6.07) is 0. The van der Waals surface area contributed by atoms with Crippen molar-refractivity contribution in [2.24, 2.45) is 5.92 Å². The van der Waals surface area contributed by atoms with E-state index in [1.54, 1.807) is 7.11 Å². The van der Waals surface area contributed by atoms with Gasteiger partial charge < -0.3 is 9.84 Å². The van der Waals surface area contributed by atoms with Crippen molar-refractivity contribution in [2.45, 2.75) is 78.1 Å². The van der Waals surface area contributed by atoms with Gasteiger partial charge in [0.2, 0.25) is 5.88 Å². The van der Waals surface area contributed by atoms with Gasteiger partial charge in [0.1, 0.15) is 5.82 Å². The van der Waals surface area contributed by atoms with Gasteiger partial charge in [-0.3, -0.25) is 4.79 Å². The molecule has 1 N–H and O–H groups in total. The molecule has 2 aliphatic rings. The van der Waals surface area contributed by atoms with Crippen LogP contribution in [0.25, 0.3) is 0 Å². The summed E-state index contributed by atoms with van der Waals surface area (Å²) in [5.74, 6) is 1.71. The van der Waals surface area contributed by atoms with Crippen molar-refractivity contribution in [2.75, 3.05) is 7.11 Å². The van der Waals surface area contributed by atoms with Crippen molar-refractivity contribution in [3.8, 4) is 5.88 Å². The molecular weight excluding hydrogens is 328 g/mol. The van der Waals surface area contributed by atoms with E-state index in [4.69, 9.17) is 9.72 Å². The summed E-state index contributed by atoms with van der Waals surface area (Å²) in [5.41, 5.74) is 2.08. The zero-order valence-corrected chi connectivity index (χ0v) is 17.1. The number of aromatic nitrogens is 2. The van der Waals surface area contributed by atoms with Crippen LogP contribution in [0.3, 0.4) is 0 Å². The molecular formula is C21H32N2O3. The van der Waals surface area contributed by atoms with Crippen LogP contribution in [0.1, 0.15) is 77.9 Å². The predicted molar refractivity (Wildman–Crippen MR) is 103 cm³/mol. The number of hydrogen-bond acceptors (Lipinski definition) is 5. The highest BCUT2D eigenvalue weighted by molar-refractivity contribution is 5.96. The highest BCUT2D eigenvalue weighted by Crippen LogP contribution is 2.51. The lowest BCUT2D eigenvalue weighted by atomic mass is 9.58. The molecule has 2 unspecified atom stereocenters. The Morgan fingerprint density at radius 2 is 1.92 bits per heavy atom. The predicted octanol–water partition coefficient (Wildman–Crippen LogP) is 4.43. The number of nitrogens with zero attached hydrogens (tertiary/aromatic N) is 2. The van der Waals surface area contributed by atoms with Crippen LogP contribution in [0, 0.1) is 5.92 Å². The first kappa shape index (κ1) is 20.4. The number of allylic oxidation sites excluding steroid dienone is 1. The minimum atomic E-state index is -0.272. The van der Waals surface area contributed by atoms with E-state index >= 15 is 0 Å². The maximum Gasteiger partial charge on any atom is 0.219 e. The van der Waals surface area contributed by atoms with Crippen LogP contribution in [-0.4, -0.2) is 28.0 Å². The van der Waals surface area contributed by atoms with E-state index in [2.05, 4.69) is 32.7 Å². The van der Waals surface area contributed by atoms with Crippen molar-refractivity contribution >= 4 is 5.78 Å². The minimum absolute atomic E-state index is 0.0560. The summed E-state index contributed by atoms with van der Waals surface area (Å²) >= 11 is 0. The summed E-state index contributed by atoms with van der Waals surface area (Å²) in [6.07, 6.45) is 3.71. The molecule has 1 saturated carbocycles. The number of aliphatic hydroxyl groups excluding tert-OH is 1. The summed E-state index contributed by atoms with van der Waals surface area (Å²) in [6.45, 7) is 12.4. The van der Waals surface area contributed by atoms with Crippen LogP contribution < -0.4 is 4.74 Å². The van der Waals surface area contributed by atoms with Crippen molar-refractivity contribution in [1.82, 2.24) is 9.97 Å². The Hall–Kier alpha value is -1.91. The molecule has 0 amide bonds. The lowest BCUT2D eigenvalue weighted by Gasteiger charge is -2.45. The van der Waals surface area contributed by atoms with Crippen LogP contribution in [-0.2, 0) is 22.0 Å². The molecule has 5 heteroatoms. The van der Waals surface area contributed by atoms with Gasteiger partial charge in [0.05, 0.1) is 19.1 Å². The number of carbonyl (C=O) groups excluding carboxylic acids is 1. The molecule has 1 aromatic heterocycles. The number of aliphatic hydroxyl groups is 1. The first-order chi connectivity index (χ1) is 12.2. The zero-order valence-electron chi connectivity index (χ0n) is 17.1. The molecule has 0 aliphatic heterocycles. The molecule has 1 aromatic rings. The van der Waals surface area contributed by atoms with E-state index in [0.717, 1.165) is 36.2 Å². The topological polar surface area (TPSA) is 72.3 Å². The second-order valence-corrected chi connectivity index (χ2v) is 8.25. The summed E-state index contributed by atoms with van der Waals surface area (Å²) in [7, 11) is 1.65. The lowest BCUT2D eigenvalue weighted by Crippen LogP contribution is -2.44. The SMILES string of the molecule is CC.COc1nc(C(C)(C)C)nc2c1CCC1CC(=O)/C(=C\O)CC21C. The molecule has 2 atom stereocenters. The van der Waals surface area contributed by atoms with Gasteiger partial charge in [0, 0.05) is 28.4 Å². The number of ether oxygens (including phenoxy) is 1. The molecule has 0 radical (unpaired) electrons. The van der Waals surface area contributed by atoms with Gasteiger partial charge in [-0.15, -0.1) is 0 Å². The standard InChI is InChI=1S/C19H26N2O3.C2H6/c1-18(2,3)17-20-15-13(16(21-17)24-5)7-6-12-8-14(23)11(10-22)9-19(12,15)4;1-2/h10,12,22H,6-9H2,1-5H3;1-2H3/b11-10-;. The van der Waals surface area contributed by atoms with Gasteiger partial charge in [-0.2, -0.15) is 4.98 Å². The number of rotatable bonds is 1. The van der Waals surface area contributed by atoms with E-state index in [1.807, 2.05) is 13.8 Å². The Morgan fingerprint density at radius 3 is 2.46 bits per heavy atom. The first-order valence-electron chi connectivity index (χ1n) is 9.53. The molecule has 2 aliphatic carbocycles. The van der Waals surface area contributed by atoms with Crippen molar-refractivity contribution in [3.05, 3.63) is 28.9 Å². The van der Waals surface area contributed by atoms with Gasteiger partial charge >= 0.3 is 0 Å². The molecule has 0 saturated heterocycles. The van der Waals surface area contributed by atoms with Crippen molar-refractivity contribution in [3.63, 3.8) is 0 Å². The summed E-state index contributed by atoms with van der Waals surface area (Å²) in [5, 5.41) is 9.46. The van der Waals surface area contributed by atoms with E-state index in [9.17, 15) is 9.90 Å². The average molecular weight is 360 g/mol. The highest BCUT2D eigenvalue weighted by atomic mass is 16.5. The molecule has 1 heterocycles. The average Bonchev–Trinajstić information content (AvgIpc) is 2.62. The van der Waals surface area contributed by atoms with E-state index in [0.29, 0.717) is 24.3 Å². The fraction of sp³-hybridized carbons (Fsp3) is 0.667. The fourth-order valence-corrected chi connectivity index (χ4v) is 4.02. The van der Waals surface area contributed by atoms with Crippen LogP contribution in [0.4, 0.5) is 0 Å². The lowest BCUT2D eigenvalue weighted by molar-refractivity contribution is -0.119. The Kier molecular flexibility index (Phi) is 5.79. The van der Waals surface area contributed by atoms with Crippen LogP contribution >= 0.6 is 0 Å². The molecule has 1 fully saturated rings. The van der Waals surface area contributed by atoms with Gasteiger partial charge in [0.15, 0.2) is 5.78 Å². The largest absolute Gasteiger partial charge is 0.515 e. The van der Waals surface area contributed by atoms with Crippen molar-refractivity contribution < 1.29 is 14.6 Å². The molecule has 0 spiro atoms. The fourth-order valence-electron chi connectivity index (χ4n) is 4.02. The molecule has 5 nitrogen and oxygen atoms in total. The smallest absolute Gasteiger partial charge is 0.219 e. The van der Waals surface area contributed by atoms with Gasteiger partial charge in [-0.25, -0.2) is 4.98 Å². The van der Waals surface area contributed by atoms with Crippen molar-refractivity contribution in [1.29, 1.82) is 0 Å². The Balaban J connectivity index is 0.00000117. The van der Waals surface area contributed by atoms with Crippen LogP contribution in [0.15, 0.2) is 11.8 Å². The summed E-state index contributed by atoms with van der Waals surface area (Å²) in [4.78, 5) is 21.8. The molecule has 26 heavy (non-hydrogen) atoms. The molecule has 144 valence electrons. The highest BCUT2D eigenvalue weighted by Gasteiger charge is 2.48. The monoisotopic (exact) mass is 360 g/mol. The number of hydrogen-bond donors (Lipinski definition) is 1. The minimum Gasteiger partial charge on any atom is -0.515 e. The maximum atomic E-state index is 12.2. The zero-order chi connectivity index (χ0) is 19.7. The third-order valence-corrected chi connectivity index (χ3v) is 5.52. The third-order valence-electron chi connectivity index (χ3n) is 5.52. The number of Topliss-reactive ketones (excluding diaryl/α,β-unsaturated/α-hetero) is 1. The van der Waals surface area contributed by atoms with Crippen LogP contribution in [0.5, 0.6) is 5.88 Å². The van der Waals surface area contributed by atoms with Gasteiger partial charge in [-0.1, -0.05) is 41.5 Å². The van der Waals surface area contributed by atoms with Gasteiger partial charge in [-0.05, 0) is 25.2 Å². The normalized spacial score (nSPS) is 26.5. The first-order valence-corrected chi connectivity index (χ1v) is 9.53. The van der Waals surface area contributed by atoms with E-state index in [-0.39, 0.29) is 22.5 Å². The number of carbonyl (C=O) groups is 1. The summed E-state index contributed by atoms with van der Waals surface area (Å²) < 4.78 is 5.57. The Morgan fingerprint density at radius 1 is 1.27 bits per heavy atom. The number of ketones is 1. The van der Waals surface area contributed by atoms with Gasteiger partial charge in [0.25, 0.3) is 0 Å². The second-order valence-electron chi connectivity index (χ2n) is 8.25. The van der Waals surface area contributed by atoms with E-state index in [1.165, 1.54) is 0 Å². The Bertz CT molecular complexity index is 719. The quantitative estimate of drug-likeness (QED) is 0.592. The number of methoxy groups -OCH3 is 1. The maximum absolute atomic E-state index is 12.2. The second kappa shape index (κ2) is 7.37. The molecule has 3 rings (SSSR count). The van der Waals surface area contributed by atoms with Crippen LogP contribution in [0.2, 0.25) is 0 Å².